The van der Waals surface area contributed by atoms with Crippen molar-refractivity contribution in [3.8, 4) is 0 Å². The van der Waals surface area contributed by atoms with Gasteiger partial charge in [0.25, 0.3) is 0 Å². The van der Waals surface area contributed by atoms with Gasteiger partial charge in [-0.3, -0.25) is 4.79 Å². The predicted molar refractivity (Wildman–Crippen MR) is 68.6 cm³/mol. The van der Waals surface area contributed by atoms with Gasteiger partial charge in [0.1, 0.15) is 0 Å². The van der Waals surface area contributed by atoms with Crippen LogP contribution in [0.4, 0.5) is 0 Å². The molecule has 0 radical (unpaired) electrons. The summed E-state index contributed by atoms with van der Waals surface area (Å²) in [5.41, 5.74) is 5.77. The number of likely N-dealkylation sites (N-methyl/N-ethyl adjacent to an activating group) is 1. The van der Waals surface area contributed by atoms with E-state index in [4.69, 9.17) is 10.5 Å². The molecule has 0 saturated heterocycles. The second-order valence-electron chi connectivity index (χ2n) is 5.14. The van der Waals surface area contributed by atoms with Crippen LogP contribution in [-0.2, 0) is 9.53 Å². The first kappa shape index (κ1) is 14.5. The number of amides is 1. The van der Waals surface area contributed by atoms with Gasteiger partial charge in [-0.15, -0.1) is 0 Å². The number of carbonyl (C=O) groups excluding carboxylic acids is 1. The Balaban J connectivity index is 2.60. The van der Waals surface area contributed by atoms with Gasteiger partial charge >= 0.3 is 0 Å². The van der Waals surface area contributed by atoms with E-state index in [9.17, 15) is 4.79 Å². The lowest BCUT2D eigenvalue weighted by molar-refractivity contribution is -0.139. The number of methoxy groups -OCH3 is 1. The maximum atomic E-state index is 12.4. The van der Waals surface area contributed by atoms with Crippen molar-refractivity contribution in [3.05, 3.63) is 0 Å². The van der Waals surface area contributed by atoms with Crippen LogP contribution in [0.2, 0.25) is 0 Å². The van der Waals surface area contributed by atoms with Crippen LogP contribution < -0.4 is 5.73 Å². The molecule has 1 saturated carbocycles. The molecule has 0 aromatic carbocycles. The molecule has 0 heterocycles. The maximum Gasteiger partial charge on any atom is 0.226 e. The average Bonchev–Trinajstić information content (AvgIpc) is 2.37. The van der Waals surface area contributed by atoms with E-state index in [1.807, 2.05) is 18.9 Å². The highest BCUT2D eigenvalue weighted by molar-refractivity contribution is 5.79. The van der Waals surface area contributed by atoms with Crippen LogP contribution in [0.25, 0.3) is 0 Å². The minimum absolute atomic E-state index is 0.123. The molecule has 0 aliphatic heterocycles. The van der Waals surface area contributed by atoms with Gasteiger partial charge in [0, 0.05) is 20.1 Å². The van der Waals surface area contributed by atoms with E-state index >= 15 is 0 Å². The third kappa shape index (κ3) is 3.68. The van der Waals surface area contributed by atoms with Crippen molar-refractivity contribution in [2.24, 2.45) is 17.6 Å². The summed E-state index contributed by atoms with van der Waals surface area (Å²) in [6.07, 6.45) is 4.45. The van der Waals surface area contributed by atoms with Crippen LogP contribution in [0.1, 0.15) is 32.6 Å². The lowest BCUT2D eigenvalue weighted by Crippen LogP contribution is -2.45. The quantitative estimate of drug-likeness (QED) is 0.789. The van der Waals surface area contributed by atoms with Gasteiger partial charge in [-0.25, -0.2) is 0 Å². The molecule has 3 unspecified atom stereocenters. The standard InChI is InChI=1S/C13H26N2O2/c1-10(9-17-3)15(2)13(16)12-7-5-4-6-11(12)8-14/h10-12H,4-9,14H2,1-3H3. The summed E-state index contributed by atoms with van der Waals surface area (Å²) in [5.74, 6) is 0.733. The second kappa shape index (κ2) is 6.97. The molecular weight excluding hydrogens is 216 g/mol. The Morgan fingerprint density at radius 2 is 2.12 bits per heavy atom. The molecule has 4 heteroatoms. The highest BCUT2D eigenvalue weighted by Gasteiger charge is 2.32. The normalized spacial score (nSPS) is 26.6. The van der Waals surface area contributed by atoms with Crippen LogP contribution in [0.15, 0.2) is 0 Å². The summed E-state index contributed by atoms with van der Waals surface area (Å²) in [5, 5.41) is 0. The van der Waals surface area contributed by atoms with Crippen molar-refractivity contribution in [2.75, 3.05) is 27.3 Å². The van der Waals surface area contributed by atoms with Gasteiger partial charge in [-0.1, -0.05) is 12.8 Å². The molecule has 0 bridgehead atoms. The summed E-state index contributed by atoms with van der Waals surface area (Å²) in [6.45, 7) is 3.23. The maximum absolute atomic E-state index is 12.4. The van der Waals surface area contributed by atoms with E-state index in [0.717, 1.165) is 19.3 Å². The number of carbonyl (C=O) groups is 1. The number of hydrogen-bond donors (Lipinski definition) is 1. The van der Waals surface area contributed by atoms with Gasteiger partial charge in [-0.2, -0.15) is 0 Å². The second-order valence-corrected chi connectivity index (χ2v) is 5.14. The number of hydrogen-bond acceptors (Lipinski definition) is 3. The van der Waals surface area contributed by atoms with Crippen LogP contribution in [-0.4, -0.2) is 44.2 Å². The van der Waals surface area contributed by atoms with Crippen molar-refractivity contribution in [2.45, 2.75) is 38.6 Å². The molecule has 100 valence electrons. The first-order valence-corrected chi connectivity index (χ1v) is 6.57. The Labute approximate surface area is 104 Å². The number of nitrogens with zero attached hydrogens (tertiary/aromatic N) is 1. The average molecular weight is 242 g/mol. The van der Waals surface area contributed by atoms with Gasteiger partial charge in [0.15, 0.2) is 0 Å². The van der Waals surface area contributed by atoms with Crippen molar-refractivity contribution in [3.63, 3.8) is 0 Å². The minimum Gasteiger partial charge on any atom is -0.383 e. The summed E-state index contributed by atoms with van der Waals surface area (Å²) in [6, 6.07) is 0.132. The van der Waals surface area contributed by atoms with Crippen molar-refractivity contribution >= 4 is 5.91 Å². The molecule has 1 fully saturated rings. The Morgan fingerprint density at radius 3 is 2.71 bits per heavy atom. The number of rotatable bonds is 5. The van der Waals surface area contributed by atoms with Crippen LogP contribution in [0.5, 0.6) is 0 Å². The van der Waals surface area contributed by atoms with Gasteiger partial charge < -0.3 is 15.4 Å². The fraction of sp³-hybridized carbons (Fsp3) is 0.923. The molecule has 4 nitrogen and oxygen atoms in total. The first-order valence-electron chi connectivity index (χ1n) is 6.57. The van der Waals surface area contributed by atoms with E-state index in [1.165, 1.54) is 6.42 Å². The Hall–Kier alpha value is -0.610. The molecule has 0 aromatic rings. The zero-order valence-electron chi connectivity index (χ0n) is 11.3. The van der Waals surface area contributed by atoms with Crippen LogP contribution >= 0.6 is 0 Å². The van der Waals surface area contributed by atoms with Crippen LogP contribution in [0, 0.1) is 11.8 Å². The molecule has 1 aliphatic rings. The molecule has 1 aliphatic carbocycles. The fourth-order valence-electron chi connectivity index (χ4n) is 2.65. The largest absolute Gasteiger partial charge is 0.383 e. The highest BCUT2D eigenvalue weighted by Crippen LogP contribution is 2.30. The number of ether oxygens (including phenoxy) is 1. The van der Waals surface area contributed by atoms with E-state index in [1.54, 1.807) is 7.11 Å². The Bertz CT molecular complexity index is 246. The van der Waals surface area contributed by atoms with E-state index in [2.05, 4.69) is 0 Å². The zero-order chi connectivity index (χ0) is 12.8. The van der Waals surface area contributed by atoms with Crippen molar-refractivity contribution in [1.29, 1.82) is 0 Å². The summed E-state index contributed by atoms with van der Waals surface area (Å²) in [4.78, 5) is 14.2. The Kier molecular flexibility index (Phi) is 5.92. The molecule has 17 heavy (non-hydrogen) atoms. The molecule has 2 N–H and O–H groups in total. The van der Waals surface area contributed by atoms with Crippen molar-refractivity contribution < 1.29 is 9.53 Å². The van der Waals surface area contributed by atoms with E-state index < -0.39 is 0 Å². The molecule has 0 spiro atoms. The van der Waals surface area contributed by atoms with Gasteiger partial charge in [0.05, 0.1) is 12.6 Å². The molecule has 1 amide bonds. The molecular formula is C13H26N2O2. The smallest absolute Gasteiger partial charge is 0.226 e. The monoisotopic (exact) mass is 242 g/mol. The number of nitrogens with two attached hydrogens (primary N) is 1. The molecule has 1 rings (SSSR count). The summed E-state index contributed by atoms with van der Waals surface area (Å²) in [7, 11) is 3.53. The van der Waals surface area contributed by atoms with E-state index in [0.29, 0.717) is 19.1 Å². The third-order valence-corrected chi connectivity index (χ3v) is 3.95. The molecule has 0 aromatic heterocycles. The fourth-order valence-corrected chi connectivity index (χ4v) is 2.65. The Morgan fingerprint density at radius 1 is 1.47 bits per heavy atom. The lowest BCUT2D eigenvalue weighted by atomic mass is 9.78. The third-order valence-electron chi connectivity index (χ3n) is 3.95. The zero-order valence-corrected chi connectivity index (χ0v) is 11.3. The summed E-state index contributed by atoms with van der Waals surface area (Å²) >= 11 is 0. The minimum atomic E-state index is 0.123. The van der Waals surface area contributed by atoms with Crippen molar-refractivity contribution in [1.82, 2.24) is 4.90 Å². The first-order chi connectivity index (χ1) is 8.11. The SMILES string of the molecule is COCC(C)N(C)C(=O)C1CCCCC1CN. The van der Waals surface area contributed by atoms with E-state index in [-0.39, 0.29) is 17.9 Å². The topological polar surface area (TPSA) is 55.6 Å². The molecule has 3 atom stereocenters. The highest BCUT2D eigenvalue weighted by atomic mass is 16.5. The lowest BCUT2D eigenvalue weighted by Gasteiger charge is -2.34. The van der Waals surface area contributed by atoms with Gasteiger partial charge in [-0.05, 0) is 32.2 Å². The predicted octanol–water partition coefficient (Wildman–Crippen LogP) is 1.24. The van der Waals surface area contributed by atoms with Gasteiger partial charge in [0.2, 0.25) is 5.91 Å². The van der Waals surface area contributed by atoms with Crippen LogP contribution in [0.3, 0.4) is 0 Å². The summed E-state index contributed by atoms with van der Waals surface area (Å²) < 4.78 is 5.10.